The molecule has 2 aromatic rings. The minimum atomic E-state index is -0.505. The molecule has 1 aliphatic heterocycles. The van der Waals surface area contributed by atoms with E-state index in [0.29, 0.717) is 30.3 Å². The van der Waals surface area contributed by atoms with E-state index in [0.717, 1.165) is 11.3 Å². The van der Waals surface area contributed by atoms with E-state index in [-0.39, 0.29) is 40.3 Å². The Kier molecular flexibility index (Phi) is 5.12. The molecule has 1 aliphatic carbocycles. The molecule has 9 nitrogen and oxygen atoms in total. The van der Waals surface area contributed by atoms with Crippen LogP contribution in [-0.2, 0) is 0 Å². The molecule has 1 aromatic heterocycles. The van der Waals surface area contributed by atoms with E-state index in [4.69, 9.17) is 9.47 Å². The van der Waals surface area contributed by atoms with Crippen molar-refractivity contribution in [1.82, 2.24) is 9.88 Å². The fourth-order valence-corrected chi connectivity index (χ4v) is 3.78. The molecule has 1 aromatic carbocycles. The lowest BCUT2D eigenvalue weighted by atomic mass is 9.98. The molecule has 0 saturated heterocycles. The smallest absolute Gasteiger partial charge is 0.284 e. The molecule has 0 atom stereocenters. The maximum absolute atomic E-state index is 12.6. The van der Waals surface area contributed by atoms with Crippen molar-refractivity contribution >= 4 is 40.2 Å². The van der Waals surface area contributed by atoms with E-state index >= 15 is 0 Å². The van der Waals surface area contributed by atoms with Gasteiger partial charge in [0.2, 0.25) is 12.6 Å². The Hall–Kier alpha value is -3.11. The monoisotopic (exact) mass is 414 g/mol. The van der Waals surface area contributed by atoms with Gasteiger partial charge in [-0.05, 0) is 26.2 Å². The molecule has 0 saturated carbocycles. The van der Waals surface area contributed by atoms with Gasteiger partial charge in [-0.25, -0.2) is 4.98 Å². The summed E-state index contributed by atoms with van der Waals surface area (Å²) in [5.74, 6) is -0.00955. The van der Waals surface area contributed by atoms with Gasteiger partial charge < -0.3 is 19.7 Å². The number of amides is 1. The number of ether oxygens (including phenoxy) is 2. The molecule has 1 amide bonds. The van der Waals surface area contributed by atoms with Crippen LogP contribution in [0.15, 0.2) is 23.2 Å². The van der Waals surface area contributed by atoms with Crippen LogP contribution in [0.4, 0.5) is 5.69 Å². The molecule has 2 heterocycles. The number of carbonyl (C=O) groups excluding carboxylic acids is 3. The molecule has 2 aliphatic rings. The molecule has 1 N–H and O–H groups in total. The molecule has 29 heavy (non-hydrogen) atoms. The molecule has 4 rings (SSSR count). The summed E-state index contributed by atoms with van der Waals surface area (Å²) in [4.78, 5) is 48.2. The van der Waals surface area contributed by atoms with E-state index in [1.807, 2.05) is 19.0 Å². The summed E-state index contributed by atoms with van der Waals surface area (Å²) in [6.07, 6.45) is -0.0648. The summed E-state index contributed by atoms with van der Waals surface area (Å²) in [5.41, 5.74) is 0.694. The highest BCUT2D eigenvalue weighted by atomic mass is 32.1. The highest BCUT2D eigenvalue weighted by Gasteiger charge is 2.34. The zero-order valence-corrected chi connectivity index (χ0v) is 16.7. The third-order valence-corrected chi connectivity index (χ3v) is 5.46. The number of rotatable bonds is 5. The van der Waals surface area contributed by atoms with Crippen LogP contribution in [0, 0.1) is 0 Å². The highest BCUT2D eigenvalue weighted by Crippen LogP contribution is 2.34. The van der Waals surface area contributed by atoms with Crippen LogP contribution in [0.2, 0.25) is 0 Å². The second-order valence-electron chi connectivity index (χ2n) is 6.78. The second-order valence-corrected chi connectivity index (χ2v) is 7.78. The summed E-state index contributed by atoms with van der Waals surface area (Å²) >= 11 is 0.918. The number of aliphatic imine (C=N–C) groups is 1. The van der Waals surface area contributed by atoms with Crippen molar-refractivity contribution in [2.24, 2.45) is 4.99 Å². The number of thiazole rings is 1. The number of carbonyl (C=O) groups is 3. The lowest BCUT2D eigenvalue weighted by molar-refractivity contribution is 0.0965. The van der Waals surface area contributed by atoms with Crippen molar-refractivity contribution in [3.05, 3.63) is 33.8 Å². The Labute approximate surface area is 170 Å². The largest absolute Gasteiger partial charge is 0.454 e. The Bertz CT molecular complexity index is 1040. The number of fused-ring (bicyclic) bond motifs is 2. The second kappa shape index (κ2) is 7.72. The molecule has 0 bridgehead atoms. The van der Waals surface area contributed by atoms with Gasteiger partial charge in [-0.1, -0.05) is 0 Å². The number of aromatic nitrogens is 1. The van der Waals surface area contributed by atoms with Crippen LogP contribution in [0.1, 0.15) is 36.4 Å². The Morgan fingerprint density at radius 3 is 2.86 bits per heavy atom. The van der Waals surface area contributed by atoms with Gasteiger partial charge in [0, 0.05) is 18.3 Å². The number of nitrogens with zero attached hydrogens (tertiary/aromatic N) is 3. The summed E-state index contributed by atoms with van der Waals surface area (Å²) in [5, 5.41) is 2.75. The maximum Gasteiger partial charge on any atom is 0.284 e. The number of hydrogen-bond donors (Lipinski definition) is 1. The molecule has 0 unspecified atom stereocenters. The summed E-state index contributed by atoms with van der Waals surface area (Å²) < 4.78 is 10.5. The Balaban J connectivity index is 1.52. The number of benzene rings is 1. The average molecular weight is 414 g/mol. The molecule has 0 radical (unpaired) electrons. The SMILES string of the molecule is CN(C)CCN=C1CC(=O)c2sc(C(=O)Nc3ccc4c(c3)OCO4)nc2C1=O. The van der Waals surface area contributed by atoms with Crippen molar-refractivity contribution in [2.45, 2.75) is 6.42 Å². The third kappa shape index (κ3) is 3.89. The quantitative estimate of drug-likeness (QED) is 0.795. The van der Waals surface area contributed by atoms with Crippen molar-refractivity contribution in [1.29, 1.82) is 0 Å². The molecular weight excluding hydrogens is 396 g/mol. The molecule has 10 heteroatoms. The fraction of sp³-hybridized carbons (Fsp3) is 0.316. The minimum Gasteiger partial charge on any atom is -0.454 e. The van der Waals surface area contributed by atoms with Gasteiger partial charge in [0.25, 0.3) is 5.91 Å². The van der Waals surface area contributed by atoms with Crippen molar-refractivity contribution in [3.63, 3.8) is 0 Å². The predicted octanol–water partition coefficient (Wildman–Crippen LogP) is 1.90. The first-order chi connectivity index (χ1) is 13.9. The van der Waals surface area contributed by atoms with Gasteiger partial charge in [-0.3, -0.25) is 19.4 Å². The lowest BCUT2D eigenvalue weighted by Gasteiger charge is -2.11. The van der Waals surface area contributed by atoms with Gasteiger partial charge in [0.15, 0.2) is 22.3 Å². The number of ketones is 2. The van der Waals surface area contributed by atoms with Crippen LogP contribution < -0.4 is 14.8 Å². The maximum atomic E-state index is 12.6. The Morgan fingerprint density at radius 2 is 2.07 bits per heavy atom. The molecular formula is C19H18N4O5S. The first kappa shape index (κ1) is 19.2. The van der Waals surface area contributed by atoms with Gasteiger partial charge in [-0.15, -0.1) is 11.3 Å². The summed E-state index contributed by atoms with van der Waals surface area (Å²) in [7, 11) is 3.80. The van der Waals surface area contributed by atoms with E-state index in [1.165, 1.54) is 0 Å². The number of anilines is 1. The van der Waals surface area contributed by atoms with Gasteiger partial charge >= 0.3 is 0 Å². The van der Waals surface area contributed by atoms with Crippen LogP contribution in [0.3, 0.4) is 0 Å². The minimum absolute atomic E-state index is 0.00527. The first-order valence-electron chi connectivity index (χ1n) is 8.90. The van der Waals surface area contributed by atoms with E-state index in [2.05, 4.69) is 15.3 Å². The highest BCUT2D eigenvalue weighted by molar-refractivity contribution is 7.16. The Morgan fingerprint density at radius 1 is 1.28 bits per heavy atom. The zero-order valence-electron chi connectivity index (χ0n) is 15.9. The van der Waals surface area contributed by atoms with Crippen LogP contribution in [0.25, 0.3) is 0 Å². The number of likely N-dealkylation sites (N-methyl/N-ethyl adjacent to an activating group) is 1. The van der Waals surface area contributed by atoms with Crippen molar-refractivity contribution in [3.8, 4) is 11.5 Å². The molecule has 0 spiro atoms. The number of nitrogens with one attached hydrogen (secondary N) is 1. The van der Waals surface area contributed by atoms with Crippen molar-refractivity contribution in [2.75, 3.05) is 39.3 Å². The average Bonchev–Trinajstić information content (AvgIpc) is 3.32. The number of Topliss-reactive ketones (excluding diaryl/α,β-unsaturated/α-hetero) is 2. The standard InChI is InChI=1S/C19H18N4O5S/c1-23(2)6-5-20-11-8-12(24)17-15(16(11)25)22-19(29-17)18(26)21-10-3-4-13-14(7-10)28-9-27-13/h3-4,7H,5-6,8-9H2,1-2H3,(H,21,26). The summed E-state index contributed by atoms with van der Waals surface area (Å²) in [6, 6.07) is 5.00. The molecule has 0 fully saturated rings. The first-order valence-corrected chi connectivity index (χ1v) is 9.72. The van der Waals surface area contributed by atoms with Gasteiger partial charge in [0.05, 0.1) is 18.7 Å². The lowest BCUT2D eigenvalue weighted by Crippen LogP contribution is -2.27. The zero-order chi connectivity index (χ0) is 20.5. The van der Waals surface area contributed by atoms with E-state index < -0.39 is 11.7 Å². The third-order valence-electron chi connectivity index (χ3n) is 4.36. The van der Waals surface area contributed by atoms with Gasteiger partial charge in [-0.2, -0.15) is 0 Å². The predicted molar refractivity (Wildman–Crippen MR) is 107 cm³/mol. The van der Waals surface area contributed by atoms with Crippen LogP contribution in [0.5, 0.6) is 11.5 Å². The van der Waals surface area contributed by atoms with Gasteiger partial charge in [0.1, 0.15) is 10.6 Å². The van der Waals surface area contributed by atoms with E-state index in [9.17, 15) is 14.4 Å². The molecule has 150 valence electrons. The summed E-state index contributed by atoms with van der Waals surface area (Å²) in [6.45, 7) is 1.21. The van der Waals surface area contributed by atoms with E-state index in [1.54, 1.807) is 18.2 Å². The normalized spacial score (nSPS) is 16.4. The van der Waals surface area contributed by atoms with Crippen LogP contribution in [-0.4, -0.2) is 67.0 Å². The number of hydrogen-bond acceptors (Lipinski definition) is 9. The van der Waals surface area contributed by atoms with Crippen molar-refractivity contribution < 1.29 is 23.9 Å². The van der Waals surface area contributed by atoms with Crippen LogP contribution >= 0.6 is 11.3 Å². The topological polar surface area (TPSA) is 110 Å². The fourth-order valence-electron chi connectivity index (χ4n) is 2.88.